The van der Waals surface area contributed by atoms with Crippen molar-refractivity contribution in [3.63, 3.8) is 0 Å². The Hall–Kier alpha value is -3.31. The molecule has 0 bridgehead atoms. The van der Waals surface area contributed by atoms with Crippen molar-refractivity contribution in [1.82, 2.24) is 9.55 Å². The van der Waals surface area contributed by atoms with Crippen LogP contribution in [0, 0.1) is 0 Å². The number of aromatic nitrogens is 2. The van der Waals surface area contributed by atoms with Crippen molar-refractivity contribution in [2.24, 2.45) is 0 Å². The first-order valence-electron chi connectivity index (χ1n) is 9.82. The van der Waals surface area contributed by atoms with E-state index in [1.165, 1.54) is 0 Å². The molecule has 0 unspecified atom stereocenters. The van der Waals surface area contributed by atoms with Crippen LogP contribution in [0.2, 0.25) is 0 Å². The predicted octanol–water partition coefficient (Wildman–Crippen LogP) is 6.10. The zero-order chi connectivity index (χ0) is 20.5. The molecule has 148 valence electrons. The Morgan fingerprint density at radius 1 is 0.900 bits per heavy atom. The summed E-state index contributed by atoms with van der Waals surface area (Å²) in [5.41, 5.74) is 4.70. The van der Waals surface area contributed by atoms with Crippen molar-refractivity contribution >= 4 is 17.7 Å². The zero-order valence-corrected chi connectivity index (χ0v) is 17.3. The van der Waals surface area contributed by atoms with Crippen molar-refractivity contribution in [2.75, 3.05) is 7.11 Å². The lowest BCUT2D eigenvalue weighted by molar-refractivity contribution is 0.0888. The monoisotopic (exact) mass is 412 g/mol. The Morgan fingerprint density at radius 3 is 2.23 bits per heavy atom. The number of carbonyl (C=O) groups excluding carboxylic acids is 1. The van der Waals surface area contributed by atoms with E-state index in [-0.39, 0.29) is 11.2 Å². The fourth-order valence-electron chi connectivity index (χ4n) is 3.89. The molecule has 0 N–H and O–H groups in total. The lowest BCUT2D eigenvalue weighted by atomic mass is 10.0. The quantitative estimate of drug-likeness (QED) is 0.406. The fraction of sp³-hybridized carbons (Fsp3) is 0.120. The summed E-state index contributed by atoms with van der Waals surface area (Å²) in [6, 6.07) is 27.9. The molecule has 5 heteroatoms. The Morgan fingerprint density at radius 2 is 1.53 bits per heavy atom. The van der Waals surface area contributed by atoms with Gasteiger partial charge in [-0.05, 0) is 6.07 Å². The van der Waals surface area contributed by atoms with Crippen molar-refractivity contribution < 1.29 is 9.53 Å². The van der Waals surface area contributed by atoms with Crippen LogP contribution >= 0.6 is 11.8 Å². The number of carbonyl (C=O) groups is 1. The third kappa shape index (κ3) is 3.21. The Kier molecular flexibility index (Phi) is 4.89. The van der Waals surface area contributed by atoms with Gasteiger partial charge in [0.2, 0.25) is 5.91 Å². The number of ether oxygens (including phenoxy) is 1. The summed E-state index contributed by atoms with van der Waals surface area (Å²) >= 11 is 1.62. The van der Waals surface area contributed by atoms with E-state index in [0.717, 1.165) is 39.0 Å². The van der Waals surface area contributed by atoms with Gasteiger partial charge in [-0.25, -0.2) is 4.98 Å². The topological polar surface area (TPSA) is 44.1 Å². The lowest BCUT2D eigenvalue weighted by Crippen LogP contribution is -2.21. The Labute approximate surface area is 179 Å². The van der Waals surface area contributed by atoms with Crippen LogP contribution in [0.4, 0.5) is 0 Å². The van der Waals surface area contributed by atoms with Gasteiger partial charge in [0.15, 0.2) is 5.16 Å². The molecule has 5 rings (SSSR count). The first-order valence-corrected chi connectivity index (χ1v) is 10.7. The molecule has 0 amide bonds. The van der Waals surface area contributed by atoms with Gasteiger partial charge < -0.3 is 4.74 Å². The molecule has 30 heavy (non-hydrogen) atoms. The number of hydrogen-bond acceptors (Lipinski definition) is 4. The smallest absolute Gasteiger partial charge is 0.234 e. The van der Waals surface area contributed by atoms with Gasteiger partial charge in [-0.1, -0.05) is 90.6 Å². The number of rotatable bonds is 4. The van der Waals surface area contributed by atoms with E-state index in [1.54, 1.807) is 23.4 Å². The van der Waals surface area contributed by atoms with Crippen LogP contribution in [-0.2, 0) is 0 Å². The molecule has 2 heterocycles. The van der Waals surface area contributed by atoms with Crippen molar-refractivity contribution in [2.45, 2.75) is 16.8 Å². The van der Waals surface area contributed by atoms with E-state index in [9.17, 15) is 4.79 Å². The van der Waals surface area contributed by atoms with Crippen molar-refractivity contribution in [3.05, 3.63) is 90.5 Å². The third-order valence-electron chi connectivity index (χ3n) is 5.28. The average molecular weight is 413 g/mol. The molecular weight excluding hydrogens is 392 g/mol. The molecule has 1 aromatic heterocycles. The van der Waals surface area contributed by atoms with Gasteiger partial charge in [0.25, 0.3) is 0 Å². The number of benzene rings is 3. The highest BCUT2D eigenvalue weighted by Crippen LogP contribution is 2.47. The molecule has 0 saturated carbocycles. The molecule has 0 radical (unpaired) electrons. The number of methoxy groups -OCH3 is 1. The molecule has 0 fully saturated rings. The SMILES string of the molecule is COc1ccccc1[C@@H]1CC(=O)n2c(nc(-c3ccccc3)c2-c2ccccc2)S1. The molecular formula is C25H20N2O2S. The number of para-hydroxylation sites is 1. The maximum absolute atomic E-state index is 13.4. The molecule has 4 nitrogen and oxygen atoms in total. The van der Waals surface area contributed by atoms with Gasteiger partial charge in [-0.3, -0.25) is 9.36 Å². The molecule has 1 aliphatic rings. The summed E-state index contributed by atoms with van der Waals surface area (Å²) in [7, 11) is 1.66. The molecule has 1 aliphatic heterocycles. The molecule has 1 atom stereocenters. The highest BCUT2D eigenvalue weighted by molar-refractivity contribution is 7.99. The van der Waals surface area contributed by atoms with Crippen LogP contribution in [0.5, 0.6) is 5.75 Å². The third-order valence-corrected chi connectivity index (χ3v) is 6.47. The van der Waals surface area contributed by atoms with Gasteiger partial charge in [0.1, 0.15) is 5.75 Å². The van der Waals surface area contributed by atoms with E-state index in [2.05, 4.69) is 0 Å². The van der Waals surface area contributed by atoms with E-state index in [1.807, 2.05) is 84.9 Å². The Balaban J connectivity index is 1.67. The number of imidazole rings is 1. The summed E-state index contributed by atoms with van der Waals surface area (Å²) in [4.78, 5) is 18.3. The lowest BCUT2D eigenvalue weighted by Gasteiger charge is -2.24. The minimum atomic E-state index is -0.0317. The molecule has 4 aromatic rings. The number of thioether (sulfide) groups is 1. The zero-order valence-electron chi connectivity index (χ0n) is 16.5. The normalized spacial score (nSPS) is 15.6. The summed E-state index contributed by atoms with van der Waals surface area (Å²) < 4.78 is 7.32. The van der Waals surface area contributed by atoms with Gasteiger partial charge in [-0.15, -0.1) is 0 Å². The van der Waals surface area contributed by atoms with E-state index in [0.29, 0.717) is 6.42 Å². The van der Waals surface area contributed by atoms with E-state index in [4.69, 9.17) is 9.72 Å². The van der Waals surface area contributed by atoms with Gasteiger partial charge >= 0.3 is 0 Å². The number of nitrogens with zero attached hydrogens (tertiary/aromatic N) is 2. The largest absolute Gasteiger partial charge is 0.496 e. The van der Waals surface area contributed by atoms with Crippen LogP contribution in [-0.4, -0.2) is 22.6 Å². The van der Waals surface area contributed by atoms with Gasteiger partial charge in [0.05, 0.1) is 18.5 Å². The minimum Gasteiger partial charge on any atom is -0.496 e. The molecule has 0 saturated heterocycles. The molecule has 3 aromatic carbocycles. The van der Waals surface area contributed by atoms with Crippen LogP contribution < -0.4 is 4.74 Å². The predicted molar refractivity (Wildman–Crippen MR) is 120 cm³/mol. The van der Waals surface area contributed by atoms with Gasteiger partial charge in [0, 0.05) is 28.4 Å². The highest BCUT2D eigenvalue weighted by Gasteiger charge is 2.33. The van der Waals surface area contributed by atoms with Crippen molar-refractivity contribution in [1.29, 1.82) is 0 Å². The Bertz CT molecular complexity index is 1200. The summed E-state index contributed by atoms with van der Waals surface area (Å²) in [6.45, 7) is 0. The minimum absolute atomic E-state index is 0.0317. The second-order valence-electron chi connectivity index (χ2n) is 7.11. The second-order valence-corrected chi connectivity index (χ2v) is 8.28. The summed E-state index contributed by atoms with van der Waals surface area (Å²) in [5.74, 6) is 0.850. The maximum Gasteiger partial charge on any atom is 0.234 e. The summed E-state index contributed by atoms with van der Waals surface area (Å²) in [5, 5.41) is 0.690. The molecule has 0 spiro atoms. The number of fused-ring (bicyclic) bond motifs is 1. The first kappa shape index (κ1) is 18.7. The first-order chi connectivity index (χ1) is 14.8. The van der Waals surface area contributed by atoms with Crippen molar-refractivity contribution in [3.8, 4) is 28.3 Å². The average Bonchev–Trinajstić information content (AvgIpc) is 3.20. The fourth-order valence-corrected chi connectivity index (χ4v) is 5.14. The van der Waals surface area contributed by atoms with E-state index >= 15 is 0 Å². The standard InChI is InChI=1S/C25H20N2O2S/c1-29-20-15-9-8-14-19(20)21-16-22(28)27-24(18-12-6-3-7-13-18)23(26-25(27)30-21)17-10-4-2-5-11-17/h2-15,21H,16H2,1H3/t21-/m0/s1. The number of hydrogen-bond donors (Lipinski definition) is 0. The van der Waals surface area contributed by atoms with Gasteiger partial charge in [-0.2, -0.15) is 0 Å². The van der Waals surface area contributed by atoms with Crippen LogP contribution in [0.1, 0.15) is 22.0 Å². The summed E-state index contributed by atoms with van der Waals surface area (Å²) in [6.07, 6.45) is 0.391. The maximum atomic E-state index is 13.4. The van der Waals surface area contributed by atoms with Crippen LogP contribution in [0.25, 0.3) is 22.5 Å². The molecule has 0 aliphatic carbocycles. The van der Waals surface area contributed by atoms with Crippen LogP contribution in [0.3, 0.4) is 0 Å². The second kappa shape index (κ2) is 7.84. The van der Waals surface area contributed by atoms with E-state index < -0.39 is 0 Å². The highest BCUT2D eigenvalue weighted by atomic mass is 32.2. The van der Waals surface area contributed by atoms with Crippen LogP contribution in [0.15, 0.2) is 90.1 Å².